The normalized spacial score (nSPS) is 12.3. The van der Waals surface area contributed by atoms with Crippen molar-refractivity contribution in [1.29, 1.82) is 0 Å². The average molecular weight is 266 g/mol. The molecular formula is C7H3BrF3N3. The summed E-state index contributed by atoms with van der Waals surface area (Å²) < 4.78 is 38.8. The predicted octanol–water partition coefficient (Wildman–Crippen LogP) is 2.51. The lowest BCUT2D eigenvalue weighted by molar-refractivity contribution is -0.136. The Morgan fingerprint density at radius 2 is 2.00 bits per heavy atom. The van der Waals surface area contributed by atoms with Crippen LogP contribution in [0.2, 0.25) is 0 Å². The second kappa shape index (κ2) is 2.94. The van der Waals surface area contributed by atoms with E-state index in [4.69, 9.17) is 0 Å². The van der Waals surface area contributed by atoms with Crippen LogP contribution in [-0.4, -0.2) is 14.6 Å². The van der Waals surface area contributed by atoms with Crippen LogP contribution in [-0.2, 0) is 6.18 Å². The molecule has 74 valence electrons. The van der Waals surface area contributed by atoms with Crippen molar-refractivity contribution < 1.29 is 13.2 Å². The van der Waals surface area contributed by atoms with Crippen LogP contribution >= 0.6 is 15.9 Å². The molecule has 2 rings (SSSR count). The van der Waals surface area contributed by atoms with Crippen LogP contribution in [0.25, 0.3) is 5.65 Å². The van der Waals surface area contributed by atoms with Crippen LogP contribution in [0.1, 0.15) is 5.56 Å². The summed E-state index contributed by atoms with van der Waals surface area (Å²) in [7, 11) is 0. The highest BCUT2D eigenvalue weighted by atomic mass is 79.9. The Kier molecular flexibility index (Phi) is 1.99. The zero-order valence-electron chi connectivity index (χ0n) is 6.59. The Hall–Kier alpha value is -1.11. The van der Waals surface area contributed by atoms with E-state index in [1.807, 2.05) is 0 Å². The van der Waals surface area contributed by atoms with Crippen LogP contribution in [0.5, 0.6) is 0 Å². The lowest BCUT2D eigenvalue weighted by atomic mass is 10.2. The summed E-state index contributed by atoms with van der Waals surface area (Å²) in [5.74, 6) is 0. The largest absolute Gasteiger partial charge is 0.420 e. The van der Waals surface area contributed by atoms with E-state index in [-0.39, 0.29) is 10.4 Å². The summed E-state index contributed by atoms with van der Waals surface area (Å²) in [5, 5.41) is 6.93. The molecule has 0 fully saturated rings. The number of fused-ring (bicyclic) bond motifs is 1. The van der Waals surface area contributed by atoms with Crippen molar-refractivity contribution in [3.63, 3.8) is 0 Å². The van der Waals surface area contributed by atoms with Crippen molar-refractivity contribution >= 4 is 21.6 Å². The van der Waals surface area contributed by atoms with Crippen LogP contribution in [0.15, 0.2) is 23.1 Å². The molecule has 0 spiro atoms. The number of nitrogens with zero attached hydrogens (tertiary/aromatic N) is 3. The molecule has 0 saturated carbocycles. The fraction of sp³-hybridized carbons (Fsp3) is 0.143. The highest BCUT2D eigenvalue weighted by Crippen LogP contribution is 2.32. The van der Waals surface area contributed by atoms with Crippen molar-refractivity contribution in [2.24, 2.45) is 0 Å². The molecule has 3 nitrogen and oxygen atoms in total. The SMILES string of the molecule is FC(F)(F)c1cccn2c(Br)nnc12. The maximum absolute atomic E-state index is 12.4. The van der Waals surface area contributed by atoms with E-state index in [0.717, 1.165) is 6.07 Å². The van der Waals surface area contributed by atoms with Crippen molar-refractivity contribution in [3.8, 4) is 0 Å². The van der Waals surface area contributed by atoms with Gasteiger partial charge in [0.1, 0.15) is 5.56 Å². The fourth-order valence-electron chi connectivity index (χ4n) is 1.11. The molecule has 0 radical (unpaired) electrons. The molecule has 0 N–H and O–H groups in total. The molecule has 7 heteroatoms. The van der Waals surface area contributed by atoms with Gasteiger partial charge in [-0.15, -0.1) is 10.2 Å². The number of alkyl halides is 3. The molecular weight excluding hydrogens is 263 g/mol. The zero-order valence-corrected chi connectivity index (χ0v) is 8.17. The summed E-state index contributed by atoms with van der Waals surface area (Å²) in [6.45, 7) is 0. The number of aromatic nitrogens is 3. The average Bonchev–Trinajstić information content (AvgIpc) is 2.46. The Morgan fingerprint density at radius 1 is 1.29 bits per heavy atom. The summed E-state index contributed by atoms with van der Waals surface area (Å²) in [5.41, 5.74) is -0.995. The molecule has 0 unspecified atom stereocenters. The van der Waals surface area contributed by atoms with E-state index >= 15 is 0 Å². The first-order valence-electron chi connectivity index (χ1n) is 3.56. The van der Waals surface area contributed by atoms with Crippen molar-refractivity contribution in [1.82, 2.24) is 14.6 Å². The second-order valence-electron chi connectivity index (χ2n) is 2.58. The van der Waals surface area contributed by atoms with Crippen molar-refractivity contribution in [2.45, 2.75) is 6.18 Å². The maximum Gasteiger partial charge on any atom is 0.420 e. The molecule has 2 heterocycles. The number of rotatable bonds is 0. The quantitative estimate of drug-likeness (QED) is 0.733. The van der Waals surface area contributed by atoms with E-state index in [9.17, 15) is 13.2 Å². The Balaban J connectivity index is 2.79. The highest BCUT2D eigenvalue weighted by Gasteiger charge is 2.34. The van der Waals surface area contributed by atoms with Crippen LogP contribution in [0.4, 0.5) is 13.2 Å². The monoisotopic (exact) mass is 265 g/mol. The predicted molar refractivity (Wildman–Crippen MR) is 45.7 cm³/mol. The molecule has 0 aliphatic rings. The molecule has 14 heavy (non-hydrogen) atoms. The first-order valence-corrected chi connectivity index (χ1v) is 4.36. The topological polar surface area (TPSA) is 30.2 Å². The van der Waals surface area contributed by atoms with Gasteiger partial charge in [-0.1, -0.05) is 0 Å². The van der Waals surface area contributed by atoms with Gasteiger partial charge in [0, 0.05) is 6.20 Å². The summed E-state index contributed by atoms with van der Waals surface area (Å²) in [6.07, 6.45) is -2.95. The van der Waals surface area contributed by atoms with Crippen LogP contribution < -0.4 is 0 Å². The number of pyridine rings is 1. The number of halogens is 4. The molecule has 2 aromatic rings. The molecule has 0 amide bonds. The maximum atomic E-state index is 12.4. The second-order valence-corrected chi connectivity index (χ2v) is 3.29. The first kappa shape index (κ1) is 9.45. The van der Waals surface area contributed by atoms with Gasteiger partial charge in [-0.25, -0.2) is 0 Å². The van der Waals surface area contributed by atoms with Gasteiger partial charge < -0.3 is 0 Å². The van der Waals surface area contributed by atoms with E-state index in [2.05, 4.69) is 26.1 Å². The lowest BCUT2D eigenvalue weighted by Crippen LogP contribution is -2.07. The van der Waals surface area contributed by atoms with Gasteiger partial charge in [0.25, 0.3) is 0 Å². The third-order valence-electron chi connectivity index (χ3n) is 1.70. The third kappa shape index (κ3) is 1.37. The first-order chi connectivity index (χ1) is 6.50. The summed E-state index contributed by atoms with van der Waals surface area (Å²) in [4.78, 5) is 0. The van der Waals surface area contributed by atoms with Gasteiger partial charge in [-0.2, -0.15) is 13.2 Å². The fourth-order valence-corrected chi connectivity index (χ4v) is 1.47. The molecule has 0 aliphatic carbocycles. The van der Waals surface area contributed by atoms with E-state index in [0.29, 0.717) is 0 Å². The van der Waals surface area contributed by atoms with Crippen molar-refractivity contribution in [3.05, 3.63) is 28.6 Å². The number of hydrogen-bond donors (Lipinski definition) is 0. The minimum atomic E-state index is -4.41. The Bertz CT molecular complexity index is 476. The zero-order chi connectivity index (χ0) is 10.3. The standard InChI is InChI=1S/C7H3BrF3N3/c8-6-13-12-5-4(7(9,10)11)2-1-3-14(5)6/h1-3H. The van der Waals surface area contributed by atoms with Gasteiger partial charge in [-0.3, -0.25) is 4.40 Å². The van der Waals surface area contributed by atoms with Gasteiger partial charge >= 0.3 is 6.18 Å². The number of hydrogen-bond acceptors (Lipinski definition) is 2. The highest BCUT2D eigenvalue weighted by molar-refractivity contribution is 9.10. The molecule has 0 aromatic carbocycles. The lowest BCUT2D eigenvalue weighted by Gasteiger charge is -2.06. The molecule has 0 saturated heterocycles. The van der Waals surface area contributed by atoms with Gasteiger partial charge in [0.15, 0.2) is 5.65 Å². The summed E-state index contributed by atoms with van der Waals surface area (Å²) in [6, 6.07) is 2.26. The summed E-state index contributed by atoms with van der Waals surface area (Å²) >= 11 is 2.99. The van der Waals surface area contributed by atoms with Gasteiger partial charge in [0.2, 0.25) is 4.73 Å². The van der Waals surface area contributed by atoms with E-state index < -0.39 is 11.7 Å². The molecule has 0 atom stereocenters. The minimum absolute atomic E-state index is 0.202. The minimum Gasteiger partial charge on any atom is -0.277 e. The molecule has 0 bridgehead atoms. The van der Waals surface area contributed by atoms with Gasteiger partial charge in [-0.05, 0) is 28.1 Å². The van der Waals surface area contributed by atoms with E-state index in [1.54, 1.807) is 0 Å². The Labute approximate surface area is 84.7 Å². The van der Waals surface area contributed by atoms with E-state index in [1.165, 1.54) is 16.7 Å². The van der Waals surface area contributed by atoms with Crippen LogP contribution in [0.3, 0.4) is 0 Å². The third-order valence-corrected chi connectivity index (χ3v) is 2.24. The van der Waals surface area contributed by atoms with Crippen molar-refractivity contribution in [2.75, 3.05) is 0 Å². The molecule has 0 aliphatic heterocycles. The van der Waals surface area contributed by atoms with Crippen LogP contribution in [0, 0.1) is 0 Å². The van der Waals surface area contributed by atoms with Gasteiger partial charge in [0.05, 0.1) is 0 Å². The smallest absolute Gasteiger partial charge is 0.277 e. The molecule has 2 aromatic heterocycles. The Morgan fingerprint density at radius 3 is 2.64 bits per heavy atom.